The first kappa shape index (κ1) is 13.1. The van der Waals surface area contributed by atoms with Crippen molar-refractivity contribution in [3.05, 3.63) is 59.7 Å². The van der Waals surface area contributed by atoms with E-state index in [-0.39, 0.29) is 5.91 Å². The van der Waals surface area contributed by atoms with E-state index in [0.29, 0.717) is 5.56 Å². The molecule has 2 aromatic carbocycles. The average molecular weight is 254 g/mol. The predicted molar refractivity (Wildman–Crippen MR) is 79.9 cm³/mol. The topological polar surface area (TPSA) is 32.3 Å². The highest BCUT2D eigenvalue weighted by Gasteiger charge is 2.07. The molecule has 0 bridgehead atoms. The summed E-state index contributed by atoms with van der Waals surface area (Å²) in [5, 5.41) is 2.89. The standard InChI is InChI=1S/C16H18N2O/c1-12-7-9-14(10-8-12)17-16(19)13-5-4-6-15(11-13)18(2)3/h4-11H,1-3H3,(H,17,19). The molecule has 0 radical (unpaired) electrons. The number of anilines is 2. The molecular formula is C16H18N2O. The van der Waals surface area contributed by atoms with Crippen LogP contribution in [-0.4, -0.2) is 20.0 Å². The molecule has 3 heteroatoms. The molecule has 0 aliphatic rings. The molecule has 0 spiro atoms. The van der Waals surface area contributed by atoms with Gasteiger partial charge in [-0.3, -0.25) is 4.79 Å². The van der Waals surface area contributed by atoms with Crippen LogP contribution in [0, 0.1) is 6.92 Å². The Morgan fingerprint density at radius 1 is 1.05 bits per heavy atom. The first-order valence-electron chi connectivity index (χ1n) is 6.21. The van der Waals surface area contributed by atoms with E-state index in [4.69, 9.17) is 0 Å². The molecule has 0 atom stereocenters. The summed E-state index contributed by atoms with van der Waals surface area (Å²) in [6, 6.07) is 15.3. The molecular weight excluding hydrogens is 236 g/mol. The Kier molecular flexibility index (Phi) is 3.85. The van der Waals surface area contributed by atoms with Gasteiger partial charge < -0.3 is 10.2 Å². The first-order valence-corrected chi connectivity index (χ1v) is 6.21. The first-order chi connectivity index (χ1) is 9.06. The summed E-state index contributed by atoms with van der Waals surface area (Å²) in [6.45, 7) is 2.02. The van der Waals surface area contributed by atoms with Gasteiger partial charge in [0.2, 0.25) is 0 Å². The maximum atomic E-state index is 12.1. The summed E-state index contributed by atoms with van der Waals surface area (Å²) in [5.41, 5.74) is 3.65. The van der Waals surface area contributed by atoms with Crippen LogP contribution in [-0.2, 0) is 0 Å². The maximum absolute atomic E-state index is 12.1. The van der Waals surface area contributed by atoms with Crippen molar-refractivity contribution in [2.45, 2.75) is 6.92 Å². The second-order valence-electron chi connectivity index (χ2n) is 4.76. The van der Waals surface area contributed by atoms with E-state index < -0.39 is 0 Å². The van der Waals surface area contributed by atoms with Crippen molar-refractivity contribution < 1.29 is 4.79 Å². The van der Waals surface area contributed by atoms with Crippen LogP contribution in [0.1, 0.15) is 15.9 Å². The fourth-order valence-electron chi connectivity index (χ4n) is 1.77. The monoisotopic (exact) mass is 254 g/mol. The van der Waals surface area contributed by atoms with Crippen LogP contribution in [0.2, 0.25) is 0 Å². The van der Waals surface area contributed by atoms with Gasteiger partial charge >= 0.3 is 0 Å². The van der Waals surface area contributed by atoms with Crippen molar-refractivity contribution in [2.24, 2.45) is 0 Å². The van der Waals surface area contributed by atoms with Gasteiger partial charge in [0.1, 0.15) is 0 Å². The summed E-state index contributed by atoms with van der Waals surface area (Å²) >= 11 is 0. The molecule has 0 unspecified atom stereocenters. The van der Waals surface area contributed by atoms with Crippen molar-refractivity contribution in [2.75, 3.05) is 24.3 Å². The van der Waals surface area contributed by atoms with Crippen molar-refractivity contribution >= 4 is 17.3 Å². The van der Waals surface area contributed by atoms with Crippen LogP contribution in [0.15, 0.2) is 48.5 Å². The van der Waals surface area contributed by atoms with E-state index in [1.54, 1.807) is 0 Å². The minimum Gasteiger partial charge on any atom is -0.378 e. The van der Waals surface area contributed by atoms with E-state index >= 15 is 0 Å². The number of aryl methyl sites for hydroxylation is 1. The van der Waals surface area contributed by atoms with E-state index in [0.717, 1.165) is 11.4 Å². The van der Waals surface area contributed by atoms with Gasteiger partial charge in [-0.1, -0.05) is 23.8 Å². The number of carbonyl (C=O) groups excluding carboxylic acids is 1. The van der Waals surface area contributed by atoms with E-state index in [1.165, 1.54) is 5.56 Å². The van der Waals surface area contributed by atoms with Gasteiger partial charge in [0.05, 0.1) is 0 Å². The van der Waals surface area contributed by atoms with Crippen molar-refractivity contribution in [3.63, 3.8) is 0 Å². The molecule has 19 heavy (non-hydrogen) atoms. The number of nitrogens with one attached hydrogen (secondary N) is 1. The second-order valence-corrected chi connectivity index (χ2v) is 4.76. The lowest BCUT2D eigenvalue weighted by molar-refractivity contribution is 0.102. The molecule has 2 aromatic rings. The highest BCUT2D eigenvalue weighted by atomic mass is 16.1. The minimum absolute atomic E-state index is 0.0902. The highest BCUT2D eigenvalue weighted by molar-refractivity contribution is 6.04. The molecule has 3 nitrogen and oxygen atoms in total. The van der Waals surface area contributed by atoms with E-state index in [9.17, 15) is 4.79 Å². The third-order valence-electron chi connectivity index (χ3n) is 2.93. The Bertz CT molecular complexity index is 574. The number of rotatable bonds is 3. The van der Waals surface area contributed by atoms with Crippen LogP contribution in [0.3, 0.4) is 0 Å². The molecule has 2 rings (SSSR count). The number of carbonyl (C=O) groups is 1. The summed E-state index contributed by atoms with van der Waals surface area (Å²) in [7, 11) is 3.91. The fourth-order valence-corrected chi connectivity index (χ4v) is 1.77. The van der Waals surface area contributed by atoms with Crippen molar-refractivity contribution in [1.29, 1.82) is 0 Å². The van der Waals surface area contributed by atoms with Crippen molar-refractivity contribution in [1.82, 2.24) is 0 Å². The molecule has 0 aliphatic heterocycles. The predicted octanol–water partition coefficient (Wildman–Crippen LogP) is 3.31. The molecule has 0 aromatic heterocycles. The summed E-state index contributed by atoms with van der Waals surface area (Å²) < 4.78 is 0. The Morgan fingerprint density at radius 2 is 1.74 bits per heavy atom. The lowest BCUT2D eigenvalue weighted by atomic mass is 10.1. The van der Waals surface area contributed by atoms with E-state index in [2.05, 4.69) is 5.32 Å². The smallest absolute Gasteiger partial charge is 0.255 e. The normalized spacial score (nSPS) is 10.1. The molecule has 1 amide bonds. The zero-order valence-electron chi connectivity index (χ0n) is 11.5. The van der Waals surface area contributed by atoms with Crippen LogP contribution in [0.4, 0.5) is 11.4 Å². The van der Waals surface area contributed by atoms with Crippen molar-refractivity contribution in [3.8, 4) is 0 Å². The van der Waals surface area contributed by atoms with Gasteiger partial charge in [-0.15, -0.1) is 0 Å². The van der Waals surface area contributed by atoms with Crippen LogP contribution < -0.4 is 10.2 Å². The molecule has 0 heterocycles. The minimum atomic E-state index is -0.0902. The lowest BCUT2D eigenvalue weighted by Gasteiger charge is -2.13. The number of amides is 1. The zero-order chi connectivity index (χ0) is 13.8. The third kappa shape index (κ3) is 3.35. The van der Waals surface area contributed by atoms with Gasteiger partial charge in [-0.05, 0) is 37.3 Å². The Morgan fingerprint density at radius 3 is 2.37 bits per heavy atom. The molecule has 0 saturated carbocycles. The molecule has 98 valence electrons. The van der Waals surface area contributed by atoms with Crippen LogP contribution in [0.5, 0.6) is 0 Å². The number of nitrogens with zero attached hydrogens (tertiary/aromatic N) is 1. The molecule has 0 aliphatic carbocycles. The van der Waals surface area contributed by atoms with Gasteiger partial charge in [-0.25, -0.2) is 0 Å². The fraction of sp³-hybridized carbons (Fsp3) is 0.188. The van der Waals surface area contributed by atoms with E-state index in [1.807, 2.05) is 74.4 Å². The molecule has 0 saturated heterocycles. The molecule has 0 fully saturated rings. The summed E-state index contributed by atoms with van der Waals surface area (Å²) in [5.74, 6) is -0.0902. The Balaban J connectivity index is 2.15. The zero-order valence-corrected chi connectivity index (χ0v) is 11.5. The summed E-state index contributed by atoms with van der Waals surface area (Å²) in [4.78, 5) is 14.1. The second kappa shape index (κ2) is 5.57. The lowest BCUT2D eigenvalue weighted by Crippen LogP contribution is -2.14. The van der Waals surface area contributed by atoms with Crippen LogP contribution in [0.25, 0.3) is 0 Å². The van der Waals surface area contributed by atoms with Gasteiger partial charge in [0.15, 0.2) is 0 Å². The van der Waals surface area contributed by atoms with Crippen LogP contribution >= 0.6 is 0 Å². The molecule has 1 N–H and O–H groups in total. The average Bonchev–Trinajstić information content (AvgIpc) is 2.41. The number of benzene rings is 2. The third-order valence-corrected chi connectivity index (χ3v) is 2.93. The summed E-state index contributed by atoms with van der Waals surface area (Å²) in [6.07, 6.45) is 0. The quantitative estimate of drug-likeness (QED) is 0.911. The maximum Gasteiger partial charge on any atom is 0.255 e. The van der Waals surface area contributed by atoms with Gasteiger partial charge in [-0.2, -0.15) is 0 Å². The number of hydrogen-bond acceptors (Lipinski definition) is 2. The number of hydrogen-bond donors (Lipinski definition) is 1. The highest BCUT2D eigenvalue weighted by Crippen LogP contribution is 2.15. The largest absolute Gasteiger partial charge is 0.378 e. The SMILES string of the molecule is Cc1ccc(NC(=O)c2cccc(N(C)C)c2)cc1. The Hall–Kier alpha value is -2.29. The Labute approximate surface area is 113 Å². The van der Waals surface area contributed by atoms with Gasteiger partial charge in [0.25, 0.3) is 5.91 Å². The van der Waals surface area contributed by atoms with Gasteiger partial charge in [0, 0.05) is 31.0 Å².